The van der Waals surface area contributed by atoms with Gasteiger partial charge in [-0.15, -0.1) is 6.58 Å². The third-order valence-corrected chi connectivity index (χ3v) is 2.62. The Morgan fingerprint density at radius 1 is 0.545 bits per heavy atom. The molecule has 0 aromatic rings. The van der Waals surface area contributed by atoms with Crippen molar-refractivity contribution in [1.29, 1.82) is 0 Å². The predicted octanol–water partition coefficient (Wildman–Crippen LogP) is -1.84. The van der Waals surface area contributed by atoms with Gasteiger partial charge in [-0.1, -0.05) is 42.5 Å². The molecule has 1 atom stereocenters. The molecule has 1 unspecified atom stereocenters. The molecule has 11 nitrogen and oxygen atoms in total. The van der Waals surface area contributed by atoms with Crippen LogP contribution in [0.5, 0.6) is 0 Å². The van der Waals surface area contributed by atoms with Gasteiger partial charge >= 0.3 is 0 Å². The van der Waals surface area contributed by atoms with Gasteiger partial charge in [0, 0.05) is 0 Å². The first-order valence-corrected chi connectivity index (χ1v) is 10.3. The number of aliphatic hydroxyl groups excluding tert-OH is 8. The Morgan fingerprint density at radius 2 is 0.848 bits per heavy atom. The lowest BCUT2D eigenvalue weighted by Crippen LogP contribution is -2.05. The summed E-state index contributed by atoms with van der Waals surface area (Å²) in [6.45, 7) is 5.73. The summed E-state index contributed by atoms with van der Waals surface area (Å²) in [6.07, 6.45) is 10.4. The van der Waals surface area contributed by atoms with Gasteiger partial charge in [0.1, 0.15) is 0 Å². The summed E-state index contributed by atoms with van der Waals surface area (Å²) < 4.78 is 14.7. The Bertz CT molecular complexity index is 384. The highest BCUT2D eigenvalue weighted by molar-refractivity contribution is 4.81. The van der Waals surface area contributed by atoms with Crippen LogP contribution in [0.4, 0.5) is 0 Å². The van der Waals surface area contributed by atoms with Gasteiger partial charge in [0.05, 0.1) is 92.0 Å². The van der Waals surface area contributed by atoms with Crippen molar-refractivity contribution in [3.8, 4) is 0 Å². The molecule has 11 heteroatoms. The molecule has 0 aliphatic heterocycles. The highest BCUT2D eigenvalue weighted by atomic mass is 16.5. The summed E-state index contributed by atoms with van der Waals surface area (Å²) in [5.41, 5.74) is 0. The summed E-state index contributed by atoms with van der Waals surface area (Å²) in [4.78, 5) is 0. The summed E-state index contributed by atoms with van der Waals surface area (Å²) in [5.74, 6) is 0. The second-order valence-corrected chi connectivity index (χ2v) is 5.34. The molecule has 0 fully saturated rings. The zero-order valence-corrected chi connectivity index (χ0v) is 19.3. The highest BCUT2D eigenvalue weighted by Gasteiger charge is 1.87. The normalized spacial score (nSPS) is 11.4. The molecule has 0 saturated carbocycles. The Hall–Kier alpha value is -1.48. The topological polar surface area (TPSA) is 190 Å². The average molecular weight is 485 g/mol. The first-order chi connectivity index (χ1) is 16.1. The van der Waals surface area contributed by atoms with Crippen LogP contribution >= 0.6 is 0 Å². The maximum Gasteiger partial charge on any atom is 0.0949 e. The molecule has 0 saturated heterocycles. The van der Waals surface area contributed by atoms with Gasteiger partial charge in [0.25, 0.3) is 0 Å². The Morgan fingerprint density at radius 3 is 1.06 bits per heavy atom. The number of hydrogen-bond donors (Lipinski definition) is 8. The molecule has 8 N–H and O–H groups in total. The third-order valence-electron chi connectivity index (χ3n) is 2.62. The maximum absolute atomic E-state index is 8.34. The molecule has 0 radical (unpaired) electrons. The second kappa shape index (κ2) is 44.2. The predicted molar refractivity (Wildman–Crippen MR) is 126 cm³/mol. The lowest BCUT2D eigenvalue weighted by atomic mass is 10.4. The van der Waals surface area contributed by atoms with Gasteiger partial charge in [0.2, 0.25) is 0 Å². The van der Waals surface area contributed by atoms with E-state index in [4.69, 9.17) is 55.1 Å². The molecule has 33 heavy (non-hydrogen) atoms. The van der Waals surface area contributed by atoms with Gasteiger partial charge < -0.3 is 55.1 Å². The summed E-state index contributed by atoms with van der Waals surface area (Å²) >= 11 is 0. The minimum absolute atomic E-state index is 0.0144. The van der Waals surface area contributed by atoms with E-state index in [0.717, 1.165) is 0 Å². The molecular weight excluding hydrogens is 440 g/mol. The van der Waals surface area contributed by atoms with Crippen LogP contribution in [0.2, 0.25) is 0 Å². The molecule has 0 aliphatic rings. The van der Waals surface area contributed by atoms with Gasteiger partial charge in [-0.3, -0.25) is 0 Å². The standard InChI is InChI=1S/C8H16O4.C6H12O3.2C4H8O2/c9-3-7-11-5-1-2-6-12-8-4-10;7-3-1-2-5-9-6-4-8;1-2-4(6)3-5;5-3-1-2-4-6/h1-2,9-10H,3-8H2;1-2,7-8H,3-6H2;2,4-6H,1,3H2;1-2,5-6H,3-4H2. The maximum atomic E-state index is 8.34. The van der Waals surface area contributed by atoms with Gasteiger partial charge in [-0.2, -0.15) is 0 Å². The summed E-state index contributed by atoms with van der Waals surface area (Å²) in [5, 5.41) is 65.4. The van der Waals surface area contributed by atoms with E-state index in [1.165, 1.54) is 18.2 Å². The molecular formula is C22H44O11. The smallest absolute Gasteiger partial charge is 0.0949 e. The fourth-order valence-corrected chi connectivity index (χ4v) is 1.15. The lowest BCUT2D eigenvalue weighted by Gasteiger charge is -1.97. The van der Waals surface area contributed by atoms with Crippen molar-refractivity contribution in [2.75, 3.05) is 85.9 Å². The van der Waals surface area contributed by atoms with Crippen molar-refractivity contribution in [3.63, 3.8) is 0 Å². The SMILES string of the molecule is C=CC(O)CO.OCC=CCO.OCC=CCOCCO.OCCOCC=CCOCCO. The largest absolute Gasteiger partial charge is 0.394 e. The molecule has 0 spiro atoms. The number of hydrogen-bond acceptors (Lipinski definition) is 11. The summed E-state index contributed by atoms with van der Waals surface area (Å²) in [7, 11) is 0. The van der Waals surface area contributed by atoms with E-state index >= 15 is 0 Å². The van der Waals surface area contributed by atoms with E-state index in [1.807, 2.05) is 12.2 Å². The fourth-order valence-electron chi connectivity index (χ4n) is 1.15. The monoisotopic (exact) mass is 484 g/mol. The van der Waals surface area contributed by atoms with Crippen molar-refractivity contribution in [3.05, 3.63) is 49.1 Å². The molecule has 0 rings (SSSR count). The quantitative estimate of drug-likeness (QED) is 0.0855. The van der Waals surface area contributed by atoms with Crippen molar-refractivity contribution in [2.24, 2.45) is 0 Å². The van der Waals surface area contributed by atoms with E-state index in [-0.39, 0.29) is 46.2 Å². The third kappa shape index (κ3) is 59.0. The van der Waals surface area contributed by atoms with Crippen LogP contribution < -0.4 is 0 Å². The first-order valence-electron chi connectivity index (χ1n) is 10.3. The van der Waals surface area contributed by atoms with Crippen LogP contribution in [0.15, 0.2) is 49.1 Å². The fraction of sp³-hybridized carbons (Fsp3) is 0.636. The number of ether oxygens (including phenoxy) is 3. The van der Waals surface area contributed by atoms with E-state index in [9.17, 15) is 0 Å². The Balaban J connectivity index is -0.000000178. The van der Waals surface area contributed by atoms with Gasteiger partial charge in [0.15, 0.2) is 0 Å². The van der Waals surface area contributed by atoms with Crippen LogP contribution in [-0.2, 0) is 14.2 Å². The summed E-state index contributed by atoms with van der Waals surface area (Å²) in [6, 6.07) is 0. The van der Waals surface area contributed by atoms with E-state index in [1.54, 1.807) is 12.2 Å². The molecule has 0 aromatic carbocycles. The van der Waals surface area contributed by atoms with E-state index < -0.39 is 6.10 Å². The molecule has 198 valence electrons. The van der Waals surface area contributed by atoms with Crippen LogP contribution in [0.1, 0.15) is 0 Å². The average Bonchev–Trinajstić information content (AvgIpc) is 2.85. The van der Waals surface area contributed by atoms with Crippen LogP contribution in [-0.4, -0.2) is 133 Å². The van der Waals surface area contributed by atoms with E-state index in [2.05, 4.69) is 6.58 Å². The van der Waals surface area contributed by atoms with Crippen molar-refractivity contribution >= 4 is 0 Å². The van der Waals surface area contributed by atoms with Gasteiger partial charge in [-0.05, 0) is 0 Å². The molecule has 0 amide bonds. The van der Waals surface area contributed by atoms with Crippen molar-refractivity contribution < 1.29 is 55.1 Å². The zero-order chi connectivity index (χ0) is 25.8. The second-order valence-electron chi connectivity index (χ2n) is 5.34. The Labute approximate surface area is 196 Å². The minimum Gasteiger partial charge on any atom is -0.394 e. The van der Waals surface area contributed by atoms with Crippen molar-refractivity contribution in [2.45, 2.75) is 6.10 Å². The number of aliphatic hydroxyl groups is 8. The molecule has 0 aliphatic carbocycles. The van der Waals surface area contributed by atoms with Crippen LogP contribution in [0.25, 0.3) is 0 Å². The van der Waals surface area contributed by atoms with E-state index in [0.29, 0.717) is 39.6 Å². The first kappa shape index (κ1) is 38.8. The lowest BCUT2D eigenvalue weighted by molar-refractivity contribution is 0.106. The van der Waals surface area contributed by atoms with Gasteiger partial charge in [-0.25, -0.2) is 0 Å². The van der Waals surface area contributed by atoms with Crippen molar-refractivity contribution in [1.82, 2.24) is 0 Å². The number of rotatable bonds is 17. The molecule has 0 bridgehead atoms. The zero-order valence-electron chi connectivity index (χ0n) is 19.3. The van der Waals surface area contributed by atoms with Crippen LogP contribution in [0.3, 0.4) is 0 Å². The van der Waals surface area contributed by atoms with Crippen LogP contribution in [0, 0.1) is 0 Å². The molecule has 0 aromatic heterocycles. The minimum atomic E-state index is -0.745. The Kier molecular flexibility index (Phi) is 52.0. The highest BCUT2D eigenvalue weighted by Crippen LogP contribution is 1.80. The molecule has 0 heterocycles.